The third kappa shape index (κ3) is 1.17. The lowest BCUT2D eigenvalue weighted by Gasteiger charge is -2.30. The lowest BCUT2D eigenvalue weighted by Crippen LogP contribution is -2.46. The van der Waals surface area contributed by atoms with Crippen molar-refractivity contribution in [3.63, 3.8) is 0 Å². The summed E-state index contributed by atoms with van der Waals surface area (Å²) in [6.07, 6.45) is 2.21. The van der Waals surface area contributed by atoms with E-state index in [4.69, 9.17) is 4.74 Å². The molecular weight excluding hydrogens is 182 g/mol. The smallest absolute Gasteiger partial charge is 0.314 e. The number of likely N-dealkylation sites (N-methyl/N-ethyl adjacent to an activating group) is 1. The number of rotatable bonds is 2. The number of nitrogens with zero attached hydrogens (tertiary/aromatic N) is 1. The summed E-state index contributed by atoms with van der Waals surface area (Å²) in [6, 6.07) is 0. The largest absolute Gasteiger partial charge is 0.469 e. The zero-order valence-corrected chi connectivity index (χ0v) is 8.75. The molecule has 4 nitrogen and oxygen atoms in total. The third-order valence-electron chi connectivity index (χ3n) is 3.66. The Kier molecular flexibility index (Phi) is 2.08. The molecule has 0 spiro atoms. The fraction of sp³-hybridized carbons (Fsp3) is 0.900. The van der Waals surface area contributed by atoms with E-state index in [1.54, 1.807) is 0 Å². The first-order valence-corrected chi connectivity index (χ1v) is 5.03. The van der Waals surface area contributed by atoms with Crippen molar-refractivity contribution in [3.8, 4) is 0 Å². The number of methoxy groups -OCH3 is 1. The van der Waals surface area contributed by atoms with Gasteiger partial charge in [-0.1, -0.05) is 0 Å². The number of hydrogen-bond acceptors (Lipinski definition) is 4. The summed E-state index contributed by atoms with van der Waals surface area (Å²) in [7, 11) is 3.36. The highest BCUT2D eigenvalue weighted by Crippen LogP contribution is 2.57. The van der Waals surface area contributed by atoms with Gasteiger partial charge in [0.05, 0.1) is 18.1 Å². The first kappa shape index (κ1) is 9.93. The topological polar surface area (TPSA) is 49.8 Å². The van der Waals surface area contributed by atoms with Crippen molar-refractivity contribution in [1.29, 1.82) is 0 Å². The van der Waals surface area contributed by atoms with Crippen LogP contribution in [0.1, 0.15) is 19.3 Å². The summed E-state index contributed by atoms with van der Waals surface area (Å²) in [5.41, 5.74) is -1.44. The Morgan fingerprint density at radius 1 is 1.43 bits per heavy atom. The molecule has 14 heavy (non-hydrogen) atoms. The van der Waals surface area contributed by atoms with Gasteiger partial charge in [0.2, 0.25) is 0 Å². The van der Waals surface area contributed by atoms with Crippen molar-refractivity contribution in [2.24, 2.45) is 5.41 Å². The van der Waals surface area contributed by atoms with Crippen LogP contribution in [0.3, 0.4) is 0 Å². The van der Waals surface area contributed by atoms with Gasteiger partial charge in [-0.15, -0.1) is 0 Å². The molecule has 1 aliphatic carbocycles. The maximum Gasteiger partial charge on any atom is 0.314 e. The maximum atomic E-state index is 11.6. The molecule has 0 aromatic carbocycles. The minimum Gasteiger partial charge on any atom is -0.469 e. The van der Waals surface area contributed by atoms with Crippen LogP contribution in [0.2, 0.25) is 0 Å². The van der Waals surface area contributed by atoms with Gasteiger partial charge in [0.1, 0.15) is 0 Å². The molecule has 1 unspecified atom stereocenters. The van der Waals surface area contributed by atoms with E-state index in [2.05, 4.69) is 4.90 Å². The van der Waals surface area contributed by atoms with Crippen LogP contribution in [0.15, 0.2) is 0 Å². The van der Waals surface area contributed by atoms with Crippen molar-refractivity contribution in [3.05, 3.63) is 0 Å². The van der Waals surface area contributed by atoms with Crippen LogP contribution in [0.25, 0.3) is 0 Å². The van der Waals surface area contributed by atoms with Gasteiger partial charge < -0.3 is 14.7 Å². The first-order chi connectivity index (χ1) is 6.54. The molecule has 1 atom stereocenters. The molecule has 2 fully saturated rings. The zero-order valence-electron chi connectivity index (χ0n) is 8.75. The highest BCUT2D eigenvalue weighted by atomic mass is 16.5. The van der Waals surface area contributed by atoms with Crippen molar-refractivity contribution in [1.82, 2.24) is 4.90 Å². The minimum atomic E-state index is -0.852. The minimum absolute atomic E-state index is 0.240. The van der Waals surface area contributed by atoms with Gasteiger partial charge in [-0.05, 0) is 26.3 Å². The quantitative estimate of drug-likeness (QED) is 0.636. The molecule has 4 heteroatoms. The number of esters is 1. The van der Waals surface area contributed by atoms with Crippen LogP contribution in [0, 0.1) is 5.41 Å². The van der Waals surface area contributed by atoms with Gasteiger partial charge in [0.15, 0.2) is 0 Å². The number of aliphatic hydroxyl groups is 1. The normalized spacial score (nSPS) is 35.6. The van der Waals surface area contributed by atoms with E-state index in [9.17, 15) is 9.90 Å². The molecule has 80 valence electrons. The van der Waals surface area contributed by atoms with Crippen LogP contribution in [0.4, 0.5) is 0 Å². The molecule has 2 rings (SSSR count). The van der Waals surface area contributed by atoms with Gasteiger partial charge >= 0.3 is 5.97 Å². The van der Waals surface area contributed by atoms with Gasteiger partial charge in [0, 0.05) is 13.1 Å². The Balaban J connectivity index is 2.18. The molecule has 1 saturated heterocycles. The van der Waals surface area contributed by atoms with Crippen LogP contribution < -0.4 is 0 Å². The fourth-order valence-electron chi connectivity index (χ4n) is 2.55. The number of hydrogen-bond donors (Lipinski definition) is 1. The van der Waals surface area contributed by atoms with E-state index in [0.717, 1.165) is 19.4 Å². The summed E-state index contributed by atoms with van der Waals surface area (Å²) in [5, 5.41) is 10.4. The van der Waals surface area contributed by atoms with Crippen LogP contribution in [0.5, 0.6) is 0 Å². The van der Waals surface area contributed by atoms with Gasteiger partial charge in [-0.25, -0.2) is 0 Å². The van der Waals surface area contributed by atoms with Crippen molar-refractivity contribution in [2.45, 2.75) is 24.9 Å². The van der Waals surface area contributed by atoms with Crippen LogP contribution in [-0.2, 0) is 9.53 Å². The zero-order chi connectivity index (χ0) is 10.4. The van der Waals surface area contributed by atoms with Gasteiger partial charge in [0.25, 0.3) is 0 Å². The summed E-state index contributed by atoms with van der Waals surface area (Å²) >= 11 is 0. The van der Waals surface area contributed by atoms with E-state index in [1.807, 2.05) is 7.05 Å². The van der Waals surface area contributed by atoms with Crippen LogP contribution >= 0.6 is 0 Å². The number of carbonyl (C=O) groups is 1. The second-order valence-electron chi connectivity index (χ2n) is 4.59. The third-order valence-corrected chi connectivity index (χ3v) is 3.66. The lowest BCUT2D eigenvalue weighted by atomic mass is 9.83. The summed E-state index contributed by atoms with van der Waals surface area (Å²) in [5.74, 6) is -0.240. The molecule has 0 aromatic heterocycles. The Hall–Kier alpha value is -0.610. The molecule has 1 heterocycles. The molecule has 1 N–H and O–H groups in total. The highest BCUT2D eigenvalue weighted by molar-refractivity contribution is 5.81. The van der Waals surface area contributed by atoms with E-state index < -0.39 is 11.0 Å². The Morgan fingerprint density at radius 3 is 2.43 bits per heavy atom. The molecule has 1 aliphatic heterocycles. The predicted octanol–water partition coefficient (Wildman–Crippen LogP) is 0.00620. The van der Waals surface area contributed by atoms with E-state index in [0.29, 0.717) is 13.0 Å². The molecule has 1 saturated carbocycles. The predicted molar refractivity (Wildman–Crippen MR) is 50.7 cm³/mol. The molecule has 2 aliphatic rings. The molecule has 0 radical (unpaired) electrons. The SMILES string of the molecule is COC(=O)C1(C2(O)CCN(C)C2)CC1. The summed E-state index contributed by atoms with van der Waals surface area (Å²) in [4.78, 5) is 13.7. The van der Waals surface area contributed by atoms with Crippen molar-refractivity contribution in [2.75, 3.05) is 27.2 Å². The van der Waals surface area contributed by atoms with Gasteiger partial charge in [-0.3, -0.25) is 4.79 Å². The molecule has 0 bridgehead atoms. The number of carbonyl (C=O) groups excluding carboxylic acids is 1. The Labute approximate surface area is 83.8 Å². The fourth-order valence-corrected chi connectivity index (χ4v) is 2.55. The second-order valence-corrected chi connectivity index (χ2v) is 4.59. The highest BCUT2D eigenvalue weighted by Gasteiger charge is 2.66. The number of ether oxygens (including phenoxy) is 1. The maximum absolute atomic E-state index is 11.6. The average Bonchev–Trinajstić information content (AvgIpc) is 2.89. The standard InChI is InChI=1S/C10H17NO3/c1-11-6-5-10(13,7-11)9(3-4-9)8(12)14-2/h13H,3-7H2,1-2H3. The van der Waals surface area contributed by atoms with Gasteiger partial charge in [-0.2, -0.15) is 0 Å². The molecule has 0 amide bonds. The lowest BCUT2D eigenvalue weighted by molar-refractivity contribution is -0.158. The monoisotopic (exact) mass is 199 g/mol. The molecular formula is C10H17NO3. The Bertz CT molecular complexity index is 262. The van der Waals surface area contributed by atoms with Crippen molar-refractivity contribution < 1.29 is 14.6 Å². The Morgan fingerprint density at radius 2 is 2.07 bits per heavy atom. The van der Waals surface area contributed by atoms with E-state index >= 15 is 0 Å². The van der Waals surface area contributed by atoms with Crippen molar-refractivity contribution >= 4 is 5.97 Å². The summed E-state index contributed by atoms with van der Waals surface area (Å²) < 4.78 is 4.77. The van der Waals surface area contributed by atoms with E-state index in [-0.39, 0.29) is 5.97 Å². The second kappa shape index (κ2) is 2.94. The molecule has 0 aromatic rings. The number of likely N-dealkylation sites (tertiary alicyclic amines) is 1. The van der Waals surface area contributed by atoms with Crippen LogP contribution in [-0.4, -0.2) is 48.8 Å². The first-order valence-electron chi connectivity index (χ1n) is 5.03. The van der Waals surface area contributed by atoms with E-state index in [1.165, 1.54) is 7.11 Å². The summed E-state index contributed by atoms with van der Waals surface area (Å²) in [6.45, 7) is 1.44. The number of β-amino-alcohol motifs (C(OH)–C–C–N with tert-alkyl or cyclic N) is 1. The average molecular weight is 199 g/mol.